The third-order valence-corrected chi connectivity index (χ3v) is 1.65. The molecular formula is C11H6N4O. The zero-order valence-electron chi connectivity index (χ0n) is 8.21. The third kappa shape index (κ3) is 3.14. The number of hydrogen-bond donors (Lipinski definition) is 0. The number of nitriles is 1. The van der Waals surface area contributed by atoms with Gasteiger partial charge in [0.2, 0.25) is 0 Å². The van der Waals surface area contributed by atoms with E-state index in [1.807, 2.05) is 0 Å². The zero-order valence-corrected chi connectivity index (χ0v) is 8.21. The minimum Gasteiger partial charge on any atom is -0.348 e. The molecule has 0 amide bonds. The lowest BCUT2D eigenvalue weighted by molar-refractivity contribution is 0.131. The van der Waals surface area contributed by atoms with Crippen LogP contribution < -0.4 is 0 Å². The second-order valence-corrected chi connectivity index (χ2v) is 2.69. The molecule has 1 aromatic rings. The molecule has 1 aromatic carbocycles. The maximum Gasteiger partial charge on any atom is 0.392 e. The first kappa shape index (κ1) is 11.2. The van der Waals surface area contributed by atoms with E-state index in [-0.39, 0.29) is 12.4 Å². The quantitative estimate of drug-likeness (QED) is 0.333. The number of rotatable bonds is 3. The first-order valence-corrected chi connectivity index (χ1v) is 4.24. The number of benzene rings is 1. The van der Waals surface area contributed by atoms with Crippen LogP contribution in [0.5, 0.6) is 0 Å². The van der Waals surface area contributed by atoms with E-state index in [9.17, 15) is 0 Å². The van der Waals surface area contributed by atoms with Crippen molar-refractivity contribution in [2.45, 2.75) is 6.61 Å². The van der Waals surface area contributed by atoms with Crippen LogP contribution >= 0.6 is 0 Å². The highest BCUT2D eigenvalue weighted by atomic mass is 16.6. The average Bonchev–Trinajstić information content (AvgIpc) is 2.35. The monoisotopic (exact) mass is 210 g/mol. The summed E-state index contributed by atoms with van der Waals surface area (Å²) in [4.78, 5) is 10.9. The molecule has 5 heteroatoms. The molecule has 76 valence electrons. The van der Waals surface area contributed by atoms with Crippen molar-refractivity contribution in [2.24, 2.45) is 5.16 Å². The summed E-state index contributed by atoms with van der Waals surface area (Å²) in [5.74, 6) is -0.335. The molecule has 1 rings (SSSR count). The molecule has 0 aliphatic rings. The van der Waals surface area contributed by atoms with E-state index >= 15 is 0 Å². The van der Waals surface area contributed by atoms with Gasteiger partial charge in [0.15, 0.2) is 12.3 Å². The van der Waals surface area contributed by atoms with Gasteiger partial charge in [-0.25, -0.2) is 10.1 Å². The molecule has 0 saturated carbocycles. The van der Waals surface area contributed by atoms with Crippen molar-refractivity contribution in [3.05, 3.63) is 52.7 Å². The van der Waals surface area contributed by atoms with E-state index in [0.29, 0.717) is 5.69 Å². The Labute approximate surface area is 92.8 Å². The highest BCUT2D eigenvalue weighted by Gasteiger charge is 1.98. The predicted octanol–water partition coefficient (Wildman–Crippen LogP) is 2.51. The molecule has 0 aliphatic carbocycles. The normalized spacial score (nSPS) is 9.69. The fraction of sp³-hybridized carbons (Fsp3) is 0.0909. The van der Waals surface area contributed by atoms with Gasteiger partial charge >= 0.3 is 5.84 Å². The Morgan fingerprint density at radius 2 is 2.06 bits per heavy atom. The fourth-order valence-electron chi connectivity index (χ4n) is 0.900. The summed E-state index contributed by atoms with van der Waals surface area (Å²) in [6.07, 6.45) is 0. The van der Waals surface area contributed by atoms with Gasteiger partial charge in [-0.15, -0.1) is 0 Å². The summed E-state index contributed by atoms with van der Waals surface area (Å²) in [5.41, 5.74) is 1.37. The molecule has 16 heavy (non-hydrogen) atoms. The van der Waals surface area contributed by atoms with Crippen LogP contribution in [0.2, 0.25) is 0 Å². The first-order chi connectivity index (χ1) is 7.80. The van der Waals surface area contributed by atoms with Crippen LogP contribution in [-0.2, 0) is 11.4 Å². The highest BCUT2D eigenvalue weighted by Crippen LogP contribution is 2.13. The molecule has 0 aromatic heterocycles. The van der Waals surface area contributed by atoms with Gasteiger partial charge in [0, 0.05) is 0 Å². The Bertz CT molecular complexity index is 495. The lowest BCUT2D eigenvalue weighted by atomic mass is 10.2. The standard InChI is InChI=1S/C11H6N4O/c1-13-10-5-3-9(4-6-10)8-16-15-11(7-12)14-2/h3-6H,8H2/b15-11-. The van der Waals surface area contributed by atoms with Gasteiger partial charge in [-0.1, -0.05) is 30.8 Å². The predicted molar refractivity (Wildman–Crippen MR) is 57.1 cm³/mol. The number of nitrogens with zero attached hydrogens (tertiary/aromatic N) is 4. The largest absolute Gasteiger partial charge is 0.392 e. The lowest BCUT2D eigenvalue weighted by Crippen LogP contribution is -1.90. The summed E-state index contributed by atoms with van der Waals surface area (Å²) in [6, 6.07) is 8.37. The van der Waals surface area contributed by atoms with E-state index < -0.39 is 0 Å². The second kappa shape index (κ2) is 5.80. The van der Waals surface area contributed by atoms with Gasteiger partial charge < -0.3 is 9.68 Å². The van der Waals surface area contributed by atoms with Crippen LogP contribution in [0.1, 0.15) is 5.56 Å². The lowest BCUT2D eigenvalue weighted by Gasteiger charge is -1.96. The summed E-state index contributed by atoms with van der Waals surface area (Å²) in [6.45, 7) is 13.5. The average molecular weight is 210 g/mol. The molecule has 5 nitrogen and oxygen atoms in total. The molecule has 0 saturated heterocycles. The Kier molecular flexibility index (Phi) is 4.07. The first-order valence-electron chi connectivity index (χ1n) is 4.24. The Morgan fingerprint density at radius 1 is 1.38 bits per heavy atom. The second-order valence-electron chi connectivity index (χ2n) is 2.69. The number of oxime groups is 1. The molecule has 0 aliphatic heterocycles. The van der Waals surface area contributed by atoms with Gasteiger partial charge in [0.05, 0.1) is 11.7 Å². The Balaban J connectivity index is 2.57. The van der Waals surface area contributed by atoms with E-state index in [1.165, 1.54) is 0 Å². The summed E-state index contributed by atoms with van der Waals surface area (Å²) >= 11 is 0. The summed E-state index contributed by atoms with van der Waals surface area (Å²) < 4.78 is 0. The van der Waals surface area contributed by atoms with Crippen molar-refractivity contribution < 1.29 is 4.84 Å². The van der Waals surface area contributed by atoms with Crippen LogP contribution in [0.3, 0.4) is 0 Å². The molecule has 0 N–H and O–H groups in total. The molecule has 0 spiro atoms. The van der Waals surface area contributed by atoms with Gasteiger partial charge in [-0.05, 0) is 5.56 Å². The molecule has 0 fully saturated rings. The third-order valence-electron chi connectivity index (χ3n) is 1.65. The van der Waals surface area contributed by atoms with E-state index in [2.05, 4.69) is 14.8 Å². The molecule has 0 atom stereocenters. The van der Waals surface area contributed by atoms with Crippen molar-refractivity contribution in [1.82, 2.24) is 0 Å². The van der Waals surface area contributed by atoms with Crippen molar-refractivity contribution in [3.8, 4) is 6.07 Å². The Morgan fingerprint density at radius 3 is 2.56 bits per heavy atom. The molecule has 0 radical (unpaired) electrons. The Hall–Kier alpha value is -2.84. The maximum atomic E-state index is 8.38. The van der Waals surface area contributed by atoms with Crippen LogP contribution in [-0.4, -0.2) is 5.84 Å². The van der Waals surface area contributed by atoms with E-state index in [0.717, 1.165) is 5.56 Å². The maximum absolute atomic E-state index is 8.38. The molecular weight excluding hydrogens is 204 g/mol. The highest BCUT2D eigenvalue weighted by molar-refractivity contribution is 6.03. The van der Waals surface area contributed by atoms with Crippen LogP contribution in [0.15, 0.2) is 29.4 Å². The van der Waals surface area contributed by atoms with Crippen LogP contribution in [0.25, 0.3) is 9.69 Å². The molecule has 0 bridgehead atoms. The van der Waals surface area contributed by atoms with Crippen molar-refractivity contribution >= 4 is 11.5 Å². The fourth-order valence-corrected chi connectivity index (χ4v) is 0.900. The van der Waals surface area contributed by atoms with Gasteiger partial charge in [0.25, 0.3) is 0 Å². The SMILES string of the molecule is [C-]#[N+]/C(C#N)=N\OCc1ccc([N+]#[C-])cc1. The minimum absolute atomic E-state index is 0.166. The summed E-state index contributed by atoms with van der Waals surface area (Å²) in [5, 5.41) is 11.7. The van der Waals surface area contributed by atoms with Gasteiger partial charge in [-0.3, -0.25) is 0 Å². The van der Waals surface area contributed by atoms with Gasteiger partial charge in [0.1, 0.15) is 6.07 Å². The molecule has 0 unspecified atom stereocenters. The van der Waals surface area contributed by atoms with E-state index in [4.69, 9.17) is 23.2 Å². The topological polar surface area (TPSA) is 54.1 Å². The van der Waals surface area contributed by atoms with Crippen molar-refractivity contribution in [3.63, 3.8) is 0 Å². The zero-order chi connectivity index (χ0) is 11.8. The molecule has 0 heterocycles. The number of amidine groups is 1. The smallest absolute Gasteiger partial charge is 0.348 e. The van der Waals surface area contributed by atoms with Gasteiger partial charge in [-0.2, -0.15) is 0 Å². The number of hydrogen-bond acceptors (Lipinski definition) is 3. The van der Waals surface area contributed by atoms with Crippen molar-refractivity contribution in [2.75, 3.05) is 0 Å². The van der Waals surface area contributed by atoms with Crippen molar-refractivity contribution in [1.29, 1.82) is 5.26 Å². The van der Waals surface area contributed by atoms with Crippen LogP contribution in [0, 0.1) is 24.5 Å². The summed E-state index contributed by atoms with van der Waals surface area (Å²) in [7, 11) is 0. The minimum atomic E-state index is -0.335. The van der Waals surface area contributed by atoms with E-state index in [1.54, 1.807) is 30.3 Å². The van der Waals surface area contributed by atoms with Crippen LogP contribution in [0.4, 0.5) is 5.69 Å².